The third-order valence-corrected chi connectivity index (χ3v) is 5.67. The van der Waals surface area contributed by atoms with Crippen LogP contribution in [0.5, 0.6) is 5.75 Å². The highest BCUT2D eigenvalue weighted by Crippen LogP contribution is 2.32. The van der Waals surface area contributed by atoms with Crippen molar-refractivity contribution in [2.75, 3.05) is 5.32 Å². The van der Waals surface area contributed by atoms with E-state index in [9.17, 15) is 19.7 Å². The minimum absolute atomic E-state index is 0.0678. The molecule has 0 unspecified atom stereocenters. The molecule has 0 spiro atoms. The molecular formula is C23H17N3O5S. The van der Waals surface area contributed by atoms with E-state index in [0.717, 1.165) is 33.8 Å². The van der Waals surface area contributed by atoms with Crippen molar-refractivity contribution >= 4 is 44.8 Å². The second kappa shape index (κ2) is 8.56. The fourth-order valence-corrected chi connectivity index (χ4v) is 4.17. The maximum absolute atomic E-state index is 12.6. The number of rotatable bonds is 5. The van der Waals surface area contributed by atoms with Gasteiger partial charge in [0.15, 0.2) is 0 Å². The number of hydrogen-bond acceptors (Lipinski definition) is 7. The van der Waals surface area contributed by atoms with E-state index in [-0.39, 0.29) is 11.3 Å². The van der Waals surface area contributed by atoms with E-state index in [0.29, 0.717) is 5.69 Å². The average molecular weight is 447 g/mol. The van der Waals surface area contributed by atoms with Gasteiger partial charge >= 0.3 is 11.7 Å². The molecule has 0 aliphatic rings. The van der Waals surface area contributed by atoms with Gasteiger partial charge in [-0.25, -0.2) is 4.98 Å². The number of aryl methyl sites for hydroxylation is 1. The highest BCUT2D eigenvalue weighted by Gasteiger charge is 2.20. The van der Waals surface area contributed by atoms with Crippen molar-refractivity contribution in [3.8, 4) is 16.3 Å². The summed E-state index contributed by atoms with van der Waals surface area (Å²) >= 11 is 1.59. The first-order valence-electron chi connectivity index (χ1n) is 9.56. The van der Waals surface area contributed by atoms with Crippen LogP contribution < -0.4 is 10.1 Å². The van der Waals surface area contributed by atoms with Crippen LogP contribution >= 0.6 is 11.3 Å². The van der Waals surface area contributed by atoms with E-state index >= 15 is 0 Å². The van der Waals surface area contributed by atoms with E-state index in [1.165, 1.54) is 17.7 Å². The normalized spacial score (nSPS) is 10.7. The number of anilines is 1. The van der Waals surface area contributed by atoms with Gasteiger partial charge in [0.2, 0.25) is 5.75 Å². The number of carbonyl (C=O) groups is 2. The summed E-state index contributed by atoms with van der Waals surface area (Å²) in [5.41, 5.74) is 3.16. The number of benzene rings is 3. The zero-order valence-corrected chi connectivity index (χ0v) is 17.9. The van der Waals surface area contributed by atoms with Crippen LogP contribution in [0, 0.1) is 17.0 Å². The van der Waals surface area contributed by atoms with Gasteiger partial charge in [0, 0.05) is 29.8 Å². The molecule has 1 heterocycles. The number of nitrogens with zero attached hydrogens (tertiary/aromatic N) is 2. The Kier molecular flexibility index (Phi) is 5.65. The number of aromatic nitrogens is 1. The van der Waals surface area contributed by atoms with Gasteiger partial charge in [-0.2, -0.15) is 0 Å². The van der Waals surface area contributed by atoms with Crippen molar-refractivity contribution in [3.05, 3.63) is 81.9 Å². The summed E-state index contributed by atoms with van der Waals surface area (Å²) in [6.45, 7) is 3.18. The van der Waals surface area contributed by atoms with Crippen molar-refractivity contribution < 1.29 is 19.2 Å². The molecule has 9 heteroatoms. The number of hydrogen-bond donors (Lipinski definition) is 1. The number of nitro groups is 1. The van der Waals surface area contributed by atoms with Crippen LogP contribution in [0.4, 0.5) is 11.4 Å². The predicted octanol–water partition coefficient (Wildman–Crippen LogP) is 5.36. The number of fused-ring (bicyclic) bond motifs is 1. The molecule has 160 valence electrons. The smallest absolute Gasteiger partial charge is 0.312 e. The molecule has 0 aliphatic carbocycles. The third kappa shape index (κ3) is 4.47. The van der Waals surface area contributed by atoms with Crippen molar-refractivity contribution in [2.45, 2.75) is 13.8 Å². The van der Waals surface area contributed by atoms with E-state index in [4.69, 9.17) is 4.74 Å². The number of esters is 1. The molecule has 3 aromatic carbocycles. The quantitative estimate of drug-likeness (QED) is 0.191. The van der Waals surface area contributed by atoms with Crippen molar-refractivity contribution in [3.63, 3.8) is 0 Å². The Hall–Kier alpha value is -4.11. The highest BCUT2D eigenvalue weighted by molar-refractivity contribution is 7.21. The van der Waals surface area contributed by atoms with Crippen LogP contribution in [0.2, 0.25) is 0 Å². The van der Waals surface area contributed by atoms with Gasteiger partial charge in [-0.05, 0) is 61.0 Å². The largest absolute Gasteiger partial charge is 0.419 e. The second-order valence-corrected chi connectivity index (χ2v) is 8.09. The van der Waals surface area contributed by atoms with Crippen molar-refractivity contribution in [1.29, 1.82) is 0 Å². The lowest BCUT2D eigenvalue weighted by atomic mass is 10.1. The molecule has 1 amide bonds. The second-order valence-electron chi connectivity index (χ2n) is 7.05. The van der Waals surface area contributed by atoms with E-state index in [1.807, 2.05) is 31.2 Å². The van der Waals surface area contributed by atoms with Crippen LogP contribution in [-0.2, 0) is 4.79 Å². The molecule has 0 bridgehead atoms. The molecule has 4 aromatic rings. The summed E-state index contributed by atoms with van der Waals surface area (Å²) in [7, 11) is 0. The maximum Gasteiger partial charge on any atom is 0.312 e. The summed E-state index contributed by atoms with van der Waals surface area (Å²) in [5, 5.41) is 14.9. The Bertz CT molecular complexity index is 1360. The first-order chi connectivity index (χ1) is 15.3. The molecule has 4 rings (SSSR count). The third-order valence-electron chi connectivity index (χ3n) is 4.61. The number of ether oxygens (including phenoxy) is 1. The molecule has 0 atom stereocenters. The Morgan fingerprint density at radius 2 is 1.81 bits per heavy atom. The van der Waals surface area contributed by atoms with Gasteiger partial charge in [-0.15, -0.1) is 11.3 Å². The van der Waals surface area contributed by atoms with Crippen LogP contribution in [0.15, 0.2) is 60.7 Å². The zero-order chi connectivity index (χ0) is 22.8. The standard InChI is InChI=1S/C23H17N3O5S/c1-13-3-9-18-21(11-13)32-23(25-18)15-4-7-17(8-5-15)24-22(28)16-6-10-20(31-14(2)27)19(12-16)26(29)30/h3-12H,1-2H3,(H,24,28). The number of thiazole rings is 1. The van der Waals surface area contributed by atoms with Crippen LogP contribution in [0.3, 0.4) is 0 Å². The molecule has 32 heavy (non-hydrogen) atoms. The maximum atomic E-state index is 12.6. The monoisotopic (exact) mass is 447 g/mol. The van der Waals surface area contributed by atoms with Gasteiger partial charge in [-0.1, -0.05) is 6.07 Å². The molecule has 0 saturated heterocycles. The molecule has 0 fully saturated rings. The Morgan fingerprint density at radius 3 is 2.50 bits per heavy atom. The zero-order valence-electron chi connectivity index (χ0n) is 17.1. The summed E-state index contributed by atoms with van der Waals surface area (Å²) in [5.74, 6) is -1.42. The van der Waals surface area contributed by atoms with Crippen LogP contribution in [0.25, 0.3) is 20.8 Å². The molecule has 8 nitrogen and oxygen atoms in total. The predicted molar refractivity (Wildman–Crippen MR) is 122 cm³/mol. The number of carbonyl (C=O) groups excluding carboxylic acids is 2. The summed E-state index contributed by atoms with van der Waals surface area (Å²) < 4.78 is 5.93. The lowest BCUT2D eigenvalue weighted by molar-refractivity contribution is -0.385. The van der Waals surface area contributed by atoms with Gasteiger partial charge in [0.05, 0.1) is 15.1 Å². The number of nitro benzene ring substituents is 1. The Labute approximate surface area is 186 Å². The van der Waals surface area contributed by atoms with Gasteiger partial charge in [0.1, 0.15) is 5.01 Å². The summed E-state index contributed by atoms with van der Waals surface area (Å²) in [6.07, 6.45) is 0. The molecule has 0 aliphatic heterocycles. The molecule has 0 saturated carbocycles. The molecule has 1 aromatic heterocycles. The minimum atomic E-state index is -0.705. The number of nitrogens with one attached hydrogen (secondary N) is 1. The van der Waals surface area contributed by atoms with E-state index < -0.39 is 22.5 Å². The molecule has 1 N–H and O–H groups in total. The van der Waals surface area contributed by atoms with Crippen LogP contribution in [0.1, 0.15) is 22.8 Å². The lowest BCUT2D eigenvalue weighted by Crippen LogP contribution is -2.12. The minimum Gasteiger partial charge on any atom is -0.419 e. The van der Waals surface area contributed by atoms with E-state index in [1.54, 1.807) is 23.5 Å². The van der Waals surface area contributed by atoms with Crippen LogP contribution in [-0.4, -0.2) is 21.8 Å². The Morgan fingerprint density at radius 1 is 1.06 bits per heavy atom. The fourth-order valence-electron chi connectivity index (χ4n) is 3.10. The molecule has 0 radical (unpaired) electrons. The lowest BCUT2D eigenvalue weighted by Gasteiger charge is -2.08. The average Bonchev–Trinajstić information content (AvgIpc) is 3.17. The van der Waals surface area contributed by atoms with Gasteiger partial charge in [0.25, 0.3) is 5.91 Å². The van der Waals surface area contributed by atoms with Crippen molar-refractivity contribution in [2.24, 2.45) is 0 Å². The van der Waals surface area contributed by atoms with Gasteiger partial charge in [-0.3, -0.25) is 19.7 Å². The Balaban J connectivity index is 1.53. The SMILES string of the molecule is CC(=O)Oc1ccc(C(=O)Nc2ccc(-c3nc4ccc(C)cc4s3)cc2)cc1[N+](=O)[O-]. The topological polar surface area (TPSA) is 111 Å². The number of amides is 1. The van der Waals surface area contributed by atoms with Gasteiger partial charge < -0.3 is 10.1 Å². The highest BCUT2D eigenvalue weighted by atomic mass is 32.1. The first-order valence-corrected chi connectivity index (χ1v) is 10.4. The molecular weight excluding hydrogens is 430 g/mol. The summed E-state index contributed by atoms with van der Waals surface area (Å²) in [4.78, 5) is 38.9. The first kappa shape index (κ1) is 21.1. The van der Waals surface area contributed by atoms with E-state index in [2.05, 4.69) is 16.4 Å². The van der Waals surface area contributed by atoms with Crippen molar-refractivity contribution in [1.82, 2.24) is 4.98 Å². The summed E-state index contributed by atoms with van der Waals surface area (Å²) in [6, 6.07) is 17.0. The fraction of sp³-hybridized carbons (Fsp3) is 0.0870.